The van der Waals surface area contributed by atoms with E-state index in [0.29, 0.717) is 12.4 Å². The Hall–Kier alpha value is -2.95. The number of ether oxygens (including phenoxy) is 2. The monoisotopic (exact) mass is 311 g/mol. The van der Waals surface area contributed by atoms with Crippen LogP contribution in [0.15, 0.2) is 60.8 Å². The lowest BCUT2D eigenvalue weighted by atomic mass is 10.2. The molecule has 0 saturated carbocycles. The Kier molecular flexibility index (Phi) is 6.06. The number of aromatic nitrogens is 1. The molecule has 0 N–H and O–H groups in total. The molecule has 23 heavy (non-hydrogen) atoms. The lowest BCUT2D eigenvalue weighted by Crippen LogP contribution is -2.06. The molecule has 0 unspecified atom stereocenters. The third kappa shape index (κ3) is 5.07. The van der Waals surface area contributed by atoms with Gasteiger partial charge in [0.1, 0.15) is 12.4 Å². The molecule has 0 amide bonds. The highest BCUT2D eigenvalue weighted by atomic mass is 16.5. The Morgan fingerprint density at radius 1 is 1.09 bits per heavy atom. The zero-order chi connectivity index (χ0) is 16.5. The van der Waals surface area contributed by atoms with E-state index in [2.05, 4.69) is 4.98 Å². The maximum Gasteiger partial charge on any atom is 0.330 e. The second-order valence-corrected chi connectivity index (χ2v) is 4.57. The van der Waals surface area contributed by atoms with Gasteiger partial charge in [0.05, 0.1) is 6.61 Å². The first-order valence-corrected chi connectivity index (χ1v) is 7.21. The third-order valence-electron chi connectivity index (χ3n) is 2.90. The number of pyridine rings is 1. The number of carbonyl (C=O) groups excluding carboxylic acids is 2. The van der Waals surface area contributed by atoms with Gasteiger partial charge < -0.3 is 9.47 Å². The molecule has 5 nitrogen and oxygen atoms in total. The average Bonchev–Trinajstić information content (AvgIpc) is 2.59. The lowest BCUT2D eigenvalue weighted by molar-refractivity contribution is -0.137. The predicted octanol–water partition coefficient (Wildman–Crippen LogP) is 2.96. The zero-order valence-electron chi connectivity index (χ0n) is 12.8. The number of allylic oxidation sites excluding steroid dienone is 1. The van der Waals surface area contributed by atoms with Crippen LogP contribution in [0.3, 0.4) is 0 Å². The van der Waals surface area contributed by atoms with Gasteiger partial charge in [-0.15, -0.1) is 0 Å². The molecule has 0 aliphatic rings. The third-order valence-corrected chi connectivity index (χ3v) is 2.90. The summed E-state index contributed by atoms with van der Waals surface area (Å²) in [7, 11) is 0. The normalized spacial score (nSPS) is 10.5. The SMILES string of the molecule is CCOC(=O)C=CC(=O)c1ncccc1OCc1ccccc1. The van der Waals surface area contributed by atoms with Crippen LogP contribution >= 0.6 is 0 Å². The van der Waals surface area contributed by atoms with Gasteiger partial charge in [0.25, 0.3) is 0 Å². The highest BCUT2D eigenvalue weighted by Crippen LogP contribution is 2.18. The van der Waals surface area contributed by atoms with Crippen LogP contribution in [0.25, 0.3) is 0 Å². The van der Waals surface area contributed by atoms with Crippen molar-refractivity contribution in [3.05, 3.63) is 72.1 Å². The van der Waals surface area contributed by atoms with Gasteiger partial charge in [-0.1, -0.05) is 30.3 Å². The van der Waals surface area contributed by atoms with E-state index in [0.717, 1.165) is 17.7 Å². The molecule has 2 rings (SSSR count). The number of hydrogen-bond donors (Lipinski definition) is 0. The van der Waals surface area contributed by atoms with Crippen molar-refractivity contribution >= 4 is 11.8 Å². The number of nitrogens with zero attached hydrogens (tertiary/aromatic N) is 1. The molecule has 1 aromatic heterocycles. The number of hydrogen-bond acceptors (Lipinski definition) is 5. The standard InChI is InChI=1S/C18H17NO4/c1-2-22-17(21)11-10-15(20)18-16(9-6-12-19-18)23-13-14-7-4-3-5-8-14/h3-12H,2,13H2,1H3. The van der Waals surface area contributed by atoms with Gasteiger partial charge in [-0.25, -0.2) is 9.78 Å². The van der Waals surface area contributed by atoms with Crippen molar-refractivity contribution in [1.29, 1.82) is 0 Å². The Balaban J connectivity index is 2.07. The molecule has 0 bridgehead atoms. The molecule has 1 heterocycles. The number of benzene rings is 1. The second kappa shape index (κ2) is 8.48. The molecule has 2 aromatic rings. The number of esters is 1. The van der Waals surface area contributed by atoms with Crippen LogP contribution in [0.2, 0.25) is 0 Å². The summed E-state index contributed by atoms with van der Waals surface area (Å²) >= 11 is 0. The smallest absolute Gasteiger partial charge is 0.330 e. The molecule has 118 valence electrons. The lowest BCUT2D eigenvalue weighted by Gasteiger charge is -2.08. The van der Waals surface area contributed by atoms with Crippen LogP contribution in [0, 0.1) is 0 Å². The van der Waals surface area contributed by atoms with Gasteiger partial charge in [-0.05, 0) is 30.7 Å². The molecular formula is C18H17NO4. The van der Waals surface area contributed by atoms with E-state index in [-0.39, 0.29) is 12.3 Å². The minimum atomic E-state index is -0.566. The largest absolute Gasteiger partial charge is 0.486 e. The molecule has 0 saturated heterocycles. The summed E-state index contributed by atoms with van der Waals surface area (Å²) in [5.74, 6) is -0.611. The minimum absolute atomic E-state index is 0.156. The Bertz CT molecular complexity index is 695. The quantitative estimate of drug-likeness (QED) is 0.447. The fraction of sp³-hybridized carbons (Fsp3) is 0.167. The summed E-state index contributed by atoms with van der Waals surface area (Å²) in [5.41, 5.74) is 1.14. The maximum absolute atomic E-state index is 12.1. The summed E-state index contributed by atoms with van der Waals surface area (Å²) in [5, 5.41) is 0. The van der Waals surface area contributed by atoms with Gasteiger partial charge >= 0.3 is 5.97 Å². The number of carbonyl (C=O) groups is 2. The van der Waals surface area contributed by atoms with Crippen molar-refractivity contribution in [3.8, 4) is 5.75 Å². The summed E-state index contributed by atoms with van der Waals surface area (Å²) in [4.78, 5) is 27.4. The molecule has 0 radical (unpaired) electrons. The molecular weight excluding hydrogens is 294 g/mol. The second-order valence-electron chi connectivity index (χ2n) is 4.57. The number of ketones is 1. The highest BCUT2D eigenvalue weighted by Gasteiger charge is 2.12. The minimum Gasteiger partial charge on any atom is -0.486 e. The van der Waals surface area contributed by atoms with Crippen molar-refractivity contribution in [2.24, 2.45) is 0 Å². The highest BCUT2D eigenvalue weighted by molar-refractivity contribution is 6.07. The molecule has 0 fully saturated rings. The summed E-state index contributed by atoms with van der Waals surface area (Å²) < 4.78 is 10.4. The van der Waals surface area contributed by atoms with E-state index in [4.69, 9.17) is 9.47 Å². The number of rotatable bonds is 7. The van der Waals surface area contributed by atoms with Gasteiger partial charge in [0.2, 0.25) is 5.78 Å². The Labute approximate surface area is 134 Å². The first-order valence-electron chi connectivity index (χ1n) is 7.21. The fourth-order valence-electron chi connectivity index (χ4n) is 1.84. The van der Waals surface area contributed by atoms with Crippen LogP contribution in [-0.2, 0) is 16.1 Å². The molecule has 0 aliphatic carbocycles. The van der Waals surface area contributed by atoms with Crippen LogP contribution < -0.4 is 4.74 Å². The van der Waals surface area contributed by atoms with E-state index in [1.807, 2.05) is 30.3 Å². The van der Waals surface area contributed by atoms with Gasteiger partial charge in [0.15, 0.2) is 5.69 Å². The predicted molar refractivity (Wildman–Crippen MR) is 85.1 cm³/mol. The summed E-state index contributed by atoms with van der Waals surface area (Å²) in [6, 6.07) is 13.0. The topological polar surface area (TPSA) is 65.5 Å². The van der Waals surface area contributed by atoms with Gasteiger partial charge in [-0.2, -0.15) is 0 Å². The average molecular weight is 311 g/mol. The van der Waals surface area contributed by atoms with Crippen molar-refractivity contribution in [3.63, 3.8) is 0 Å². The Morgan fingerprint density at radius 3 is 2.61 bits per heavy atom. The van der Waals surface area contributed by atoms with Crippen molar-refractivity contribution in [2.75, 3.05) is 6.61 Å². The van der Waals surface area contributed by atoms with E-state index in [1.165, 1.54) is 6.20 Å². The van der Waals surface area contributed by atoms with E-state index < -0.39 is 11.8 Å². The molecule has 0 aliphatic heterocycles. The molecule has 0 atom stereocenters. The molecule has 5 heteroatoms. The van der Waals surface area contributed by atoms with Crippen LogP contribution in [-0.4, -0.2) is 23.3 Å². The molecule has 1 aromatic carbocycles. The van der Waals surface area contributed by atoms with E-state index >= 15 is 0 Å². The first kappa shape index (κ1) is 16.4. The van der Waals surface area contributed by atoms with Crippen molar-refractivity contribution in [1.82, 2.24) is 4.98 Å². The maximum atomic E-state index is 12.1. The molecule has 0 spiro atoms. The van der Waals surface area contributed by atoms with Crippen LogP contribution in [0.4, 0.5) is 0 Å². The van der Waals surface area contributed by atoms with Crippen LogP contribution in [0.1, 0.15) is 23.0 Å². The van der Waals surface area contributed by atoms with E-state index in [9.17, 15) is 9.59 Å². The van der Waals surface area contributed by atoms with Crippen molar-refractivity contribution in [2.45, 2.75) is 13.5 Å². The van der Waals surface area contributed by atoms with Gasteiger partial charge in [0, 0.05) is 12.3 Å². The fourth-order valence-corrected chi connectivity index (χ4v) is 1.84. The summed E-state index contributed by atoms with van der Waals surface area (Å²) in [6.07, 6.45) is 3.72. The first-order chi connectivity index (χ1) is 11.2. The summed E-state index contributed by atoms with van der Waals surface area (Å²) in [6.45, 7) is 2.28. The van der Waals surface area contributed by atoms with Gasteiger partial charge in [-0.3, -0.25) is 4.79 Å². The van der Waals surface area contributed by atoms with E-state index in [1.54, 1.807) is 19.1 Å². The van der Waals surface area contributed by atoms with Crippen LogP contribution in [0.5, 0.6) is 5.75 Å². The van der Waals surface area contributed by atoms with Crippen molar-refractivity contribution < 1.29 is 19.1 Å². The Morgan fingerprint density at radius 2 is 1.87 bits per heavy atom. The zero-order valence-corrected chi connectivity index (χ0v) is 12.8.